The minimum absolute atomic E-state index is 0.336. The molecule has 0 aliphatic carbocycles. The topological polar surface area (TPSA) is 61.5 Å². The molecule has 20 heavy (non-hydrogen) atoms. The summed E-state index contributed by atoms with van der Waals surface area (Å²) in [5.74, 6) is 0.937. The summed E-state index contributed by atoms with van der Waals surface area (Å²) < 4.78 is 10.6. The molecule has 0 spiro atoms. The van der Waals surface area contributed by atoms with Gasteiger partial charge < -0.3 is 15.2 Å². The highest BCUT2D eigenvalue weighted by molar-refractivity contribution is 5.77. The highest BCUT2D eigenvalue weighted by Gasteiger charge is 2.16. The highest BCUT2D eigenvalue weighted by Crippen LogP contribution is 2.18. The van der Waals surface area contributed by atoms with E-state index in [9.17, 15) is 4.79 Å². The number of hydrogen-bond donors (Lipinski definition) is 1. The number of carbonyl (C=O) groups excluding carboxylic acids is 1. The summed E-state index contributed by atoms with van der Waals surface area (Å²) in [7, 11) is 0. The molecule has 1 rings (SSSR count). The first kappa shape index (κ1) is 16.5. The average molecular weight is 279 g/mol. The van der Waals surface area contributed by atoms with E-state index in [-0.39, 0.29) is 0 Å². The fourth-order valence-electron chi connectivity index (χ4n) is 1.95. The van der Waals surface area contributed by atoms with Crippen LogP contribution in [0, 0.1) is 5.92 Å². The van der Waals surface area contributed by atoms with Crippen LogP contribution in [0.2, 0.25) is 0 Å². The van der Waals surface area contributed by atoms with E-state index in [2.05, 4.69) is 13.8 Å². The van der Waals surface area contributed by atoms with Crippen LogP contribution in [0.15, 0.2) is 24.3 Å². The molecular formula is C16H25NO3. The second kappa shape index (κ2) is 8.59. The van der Waals surface area contributed by atoms with Crippen LogP contribution in [-0.4, -0.2) is 19.2 Å². The van der Waals surface area contributed by atoms with Gasteiger partial charge in [0.1, 0.15) is 11.8 Å². The number of benzene rings is 1. The number of carbonyl (C=O) groups is 1. The fraction of sp³-hybridized carbons (Fsp3) is 0.562. The van der Waals surface area contributed by atoms with Crippen LogP contribution < -0.4 is 10.5 Å². The van der Waals surface area contributed by atoms with Crippen molar-refractivity contribution >= 4 is 5.97 Å². The van der Waals surface area contributed by atoms with Gasteiger partial charge in [-0.1, -0.05) is 32.4 Å². The van der Waals surface area contributed by atoms with Crippen LogP contribution in [-0.2, 0) is 9.53 Å². The highest BCUT2D eigenvalue weighted by atomic mass is 16.5. The number of rotatable bonds is 8. The molecule has 4 heteroatoms. The van der Waals surface area contributed by atoms with E-state index in [1.54, 1.807) is 19.1 Å². The Morgan fingerprint density at radius 2 is 1.90 bits per heavy atom. The van der Waals surface area contributed by atoms with Crippen LogP contribution >= 0.6 is 0 Å². The lowest BCUT2D eigenvalue weighted by Gasteiger charge is -2.14. The first-order valence-electron chi connectivity index (χ1n) is 7.23. The van der Waals surface area contributed by atoms with Crippen LogP contribution in [0.4, 0.5) is 0 Å². The molecule has 2 atom stereocenters. The van der Waals surface area contributed by atoms with E-state index in [0.29, 0.717) is 19.1 Å². The Morgan fingerprint density at radius 1 is 1.25 bits per heavy atom. The van der Waals surface area contributed by atoms with Gasteiger partial charge in [0, 0.05) is 0 Å². The Kier molecular flexibility index (Phi) is 7.09. The number of nitrogens with two attached hydrogens (primary N) is 1. The average Bonchev–Trinajstić information content (AvgIpc) is 2.45. The molecule has 4 nitrogen and oxygen atoms in total. The Labute approximate surface area is 121 Å². The monoisotopic (exact) mass is 279 g/mol. The molecule has 0 saturated heterocycles. The summed E-state index contributed by atoms with van der Waals surface area (Å²) in [6.45, 7) is 7.15. The van der Waals surface area contributed by atoms with Crippen molar-refractivity contribution in [2.45, 2.75) is 39.7 Å². The van der Waals surface area contributed by atoms with Gasteiger partial charge >= 0.3 is 5.97 Å². The molecule has 1 aromatic carbocycles. The predicted octanol–water partition coefficient (Wildman–Crippen LogP) is 3.06. The first-order chi connectivity index (χ1) is 9.58. The van der Waals surface area contributed by atoms with Crippen molar-refractivity contribution in [1.29, 1.82) is 0 Å². The first-order valence-corrected chi connectivity index (χ1v) is 7.23. The number of esters is 1. The lowest BCUT2D eigenvalue weighted by Crippen LogP contribution is -2.23. The maximum Gasteiger partial charge on any atom is 0.327 e. The minimum atomic E-state index is -0.733. The van der Waals surface area contributed by atoms with Gasteiger partial charge in [0.25, 0.3) is 0 Å². The van der Waals surface area contributed by atoms with E-state index in [0.717, 1.165) is 24.2 Å². The smallest absolute Gasteiger partial charge is 0.327 e. The zero-order valence-electron chi connectivity index (χ0n) is 12.6. The molecule has 0 aliphatic heterocycles. The van der Waals surface area contributed by atoms with Gasteiger partial charge in [-0.2, -0.15) is 0 Å². The van der Waals surface area contributed by atoms with Gasteiger partial charge in [0.2, 0.25) is 0 Å². The van der Waals surface area contributed by atoms with Gasteiger partial charge in [-0.3, -0.25) is 0 Å². The maximum absolute atomic E-state index is 11.5. The maximum atomic E-state index is 11.5. The molecule has 0 saturated carbocycles. The van der Waals surface area contributed by atoms with Crippen LogP contribution in [0.1, 0.15) is 45.2 Å². The van der Waals surface area contributed by atoms with Crippen LogP contribution in [0.3, 0.4) is 0 Å². The van der Waals surface area contributed by atoms with Crippen LogP contribution in [0.25, 0.3) is 0 Å². The minimum Gasteiger partial charge on any atom is -0.493 e. The molecule has 0 radical (unpaired) electrons. The largest absolute Gasteiger partial charge is 0.493 e. The molecule has 1 unspecified atom stereocenters. The Bertz CT molecular complexity index is 403. The summed E-state index contributed by atoms with van der Waals surface area (Å²) in [5.41, 5.74) is 6.55. The number of hydrogen-bond acceptors (Lipinski definition) is 4. The van der Waals surface area contributed by atoms with Gasteiger partial charge in [-0.25, -0.2) is 4.79 Å². The lowest BCUT2D eigenvalue weighted by atomic mass is 10.1. The van der Waals surface area contributed by atoms with Gasteiger partial charge in [-0.05, 0) is 37.0 Å². The zero-order valence-corrected chi connectivity index (χ0v) is 12.6. The summed E-state index contributed by atoms with van der Waals surface area (Å²) in [4.78, 5) is 11.5. The van der Waals surface area contributed by atoms with Gasteiger partial charge in [0.15, 0.2) is 0 Å². The third-order valence-electron chi connectivity index (χ3n) is 3.10. The van der Waals surface area contributed by atoms with Crippen molar-refractivity contribution in [3.63, 3.8) is 0 Å². The molecule has 0 amide bonds. The molecule has 0 heterocycles. The van der Waals surface area contributed by atoms with Crippen molar-refractivity contribution in [3.05, 3.63) is 29.8 Å². The van der Waals surface area contributed by atoms with E-state index >= 15 is 0 Å². The third-order valence-corrected chi connectivity index (χ3v) is 3.10. The summed E-state index contributed by atoms with van der Waals surface area (Å²) in [6, 6.07) is 6.56. The van der Waals surface area contributed by atoms with Gasteiger partial charge in [-0.15, -0.1) is 0 Å². The molecule has 1 aromatic rings. The van der Waals surface area contributed by atoms with E-state index in [1.165, 1.54) is 0 Å². The molecule has 0 aromatic heterocycles. The van der Waals surface area contributed by atoms with Gasteiger partial charge in [0.05, 0.1) is 13.2 Å². The SMILES string of the molecule is CCCC(C)COc1ccc([C@@H](N)C(=O)OCC)cc1. The molecule has 0 bridgehead atoms. The van der Waals surface area contributed by atoms with E-state index < -0.39 is 12.0 Å². The van der Waals surface area contributed by atoms with E-state index in [4.69, 9.17) is 15.2 Å². The standard InChI is InChI=1S/C16H25NO3/c1-4-6-12(3)11-20-14-9-7-13(8-10-14)15(17)16(18)19-5-2/h7-10,12,15H,4-6,11,17H2,1-3H3/t12?,15-/m1/s1. The Balaban J connectivity index is 2.53. The van der Waals surface area contributed by atoms with Crippen molar-refractivity contribution in [1.82, 2.24) is 0 Å². The molecular weight excluding hydrogens is 254 g/mol. The zero-order chi connectivity index (χ0) is 15.0. The van der Waals surface area contributed by atoms with E-state index in [1.807, 2.05) is 12.1 Å². The molecule has 112 valence electrons. The van der Waals surface area contributed by atoms with Crippen molar-refractivity contribution in [2.24, 2.45) is 11.7 Å². The number of ether oxygens (including phenoxy) is 2. The predicted molar refractivity (Wildman–Crippen MR) is 79.6 cm³/mol. The van der Waals surface area contributed by atoms with Crippen molar-refractivity contribution in [3.8, 4) is 5.75 Å². The second-order valence-corrected chi connectivity index (χ2v) is 5.00. The second-order valence-electron chi connectivity index (χ2n) is 5.00. The fourth-order valence-corrected chi connectivity index (χ4v) is 1.95. The third kappa shape index (κ3) is 5.21. The summed E-state index contributed by atoms with van der Waals surface area (Å²) in [6.07, 6.45) is 2.32. The molecule has 2 N–H and O–H groups in total. The summed E-state index contributed by atoms with van der Waals surface area (Å²) >= 11 is 0. The Hall–Kier alpha value is -1.55. The van der Waals surface area contributed by atoms with Crippen molar-refractivity contribution in [2.75, 3.05) is 13.2 Å². The molecule has 0 aliphatic rings. The van der Waals surface area contributed by atoms with Crippen molar-refractivity contribution < 1.29 is 14.3 Å². The quantitative estimate of drug-likeness (QED) is 0.743. The molecule has 0 fully saturated rings. The lowest BCUT2D eigenvalue weighted by molar-refractivity contribution is -0.144. The van der Waals surface area contributed by atoms with Crippen LogP contribution in [0.5, 0.6) is 5.75 Å². The normalized spacial score (nSPS) is 13.6. The Morgan fingerprint density at radius 3 is 2.45 bits per heavy atom. The summed E-state index contributed by atoms with van der Waals surface area (Å²) in [5, 5.41) is 0.